The van der Waals surface area contributed by atoms with Gasteiger partial charge in [0.05, 0.1) is 19.3 Å². The lowest BCUT2D eigenvalue weighted by atomic mass is 10.1. The second-order valence-corrected chi connectivity index (χ2v) is 4.52. The van der Waals surface area contributed by atoms with Crippen molar-refractivity contribution in [2.24, 2.45) is 5.92 Å². The number of carbonyl (C=O) groups is 1. The molecule has 1 saturated heterocycles. The van der Waals surface area contributed by atoms with Crippen LogP contribution in [0.25, 0.3) is 0 Å². The number of aromatic nitrogens is 2. The lowest BCUT2D eigenvalue weighted by Crippen LogP contribution is -2.31. The maximum Gasteiger partial charge on any atom is 0.225 e. The quantitative estimate of drug-likeness (QED) is 0.840. The minimum Gasteiger partial charge on any atom is -0.377 e. The average molecular weight is 223 g/mol. The molecule has 0 saturated carbocycles. The first-order chi connectivity index (χ1) is 7.65. The summed E-state index contributed by atoms with van der Waals surface area (Å²) in [6.45, 7) is 5.45. The summed E-state index contributed by atoms with van der Waals surface area (Å²) < 4.78 is 6.93. The number of ether oxygens (including phenoxy) is 1. The van der Waals surface area contributed by atoms with Crippen molar-refractivity contribution in [1.82, 2.24) is 9.78 Å². The number of amides is 1. The molecule has 0 spiro atoms. The highest BCUT2D eigenvalue weighted by molar-refractivity contribution is 5.89. The molecule has 2 rings (SSSR count). The van der Waals surface area contributed by atoms with Gasteiger partial charge in [0.25, 0.3) is 0 Å². The minimum atomic E-state index is 0.0186. The monoisotopic (exact) mass is 223 g/mol. The summed E-state index contributed by atoms with van der Waals surface area (Å²) in [6.07, 6.45) is 2.40. The molecule has 0 bridgehead atoms. The van der Waals surface area contributed by atoms with E-state index in [-0.39, 0.29) is 5.91 Å². The van der Waals surface area contributed by atoms with Gasteiger partial charge in [0.15, 0.2) is 5.82 Å². The van der Waals surface area contributed by atoms with Crippen LogP contribution < -0.4 is 5.32 Å². The van der Waals surface area contributed by atoms with E-state index >= 15 is 0 Å². The van der Waals surface area contributed by atoms with Crippen molar-refractivity contribution in [2.45, 2.75) is 26.3 Å². The van der Waals surface area contributed by atoms with Crippen molar-refractivity contribution in [3.05, 3.63) is 12.3 Å². The summed E-state index contributed by atoms with van der Waals surface area (Å²) in [6, 6.07) is 2.15. The zero-order valence-electron chi connectivity index (χ0n) is 9.64. The number of rotatable bonds is 4. The molecule has 1 amide bonds. The summed E-state index contributed by atoms with van der Waals surface area (Å²) in [5, 5.41) is 7.07. The Balaban J connectivity index is 1.89. The Morgan fingerprint density at radius 1 is 1.69 bits per heavy atom. The first-order valence-electron chi connectivity index (χ1n) is 5.58. The van der Waals surface area contributed by atoms with E-state index in [1.807, 2.05) is 30.8 Å². The Hall–Kier alpha value is -1.36. The van der Waals surface area contributed by atoms with E-state index in [4.69, 9.17) is 4.74 Å². The third-order valence-corrected chi connectivity index (χ3v) is 2.46. The Labute approximate surface area is 94.8 Å². The molecule has 0 unspecified atom stereocenters. The Morgan fingerprint density at radius 2 is 2.44 bits per heavy atom. The molecular weight excluding hydrogens is 206 g/mol. The average Bonchev–Trinajstić information content (AvgIpc) is 2.47. The molecule has 5 nitrogen and oxygen atoms in total. The molecule has 16 heavy (non-hydrogen) atoms. The van der Waals surface area contributed by atoms with Gasteiger partial charge < -0.3 is 10.1 Å². The van der Waals surface area contributed by atoms with Gasteiger partial charge in [-0.25, -0.2) is 0 Å². The van der Waals surface area contributed by atoms with Crippen LogP contribution in [0.3, 0.4) is 0 Å². The third-order valence-electron chi connectivity index (χ3n) is 2.46. The molecule has 1 fully saturated rings. The van der Waals surface area contributed by atoms with Crippen molar-refractivity contribution in [3.8, 4) is 0 Å². The van der Waals surface area contributed by atoms with Crippen LogP contribution in [0.4, 0.5) is 5.82 Å². The highest BCUT2D eigenvalue weighted by atomic mass is 16.5. The van der Waals surface area contributed by atoms with E-state index in [9.17, 15) is 4.79 Å². The van der Waals surface area contributed by atoms with Gasteiger partial charge in [-0.15, -0.1) is 0 Å². The van der Waals surface area contributed by atoms with Crippen LogP contribution in [0.2, 0.25) is 0 Å². The Morgan fingerprint density at radius 3 is 3.00 bits per heavy atom. The van der Waals surface area contributed by atoms with E-state index in [0.29, 0.717) is 37.4 Å². The predicted molar refractivity (Wildman–Crippen MR) is 60.2 cm³/mol. The second kappa shape index (κ2) is 4.65. The standard InChI is InChI=1S/C11H17N3O2/c1-8(2)5-11(15)12-10-3-4-14(13-10)9-6-16-7-9/h3-4,8-9H,5-7H2,1-2H3,(H,12,13,15). The molecule has 88 valence electrons. The molecule has 1 aromatic rings. The third kappa shape index (κ3) is 2.61. The molecule has 1 aromatic heterocycles. The molecule has 5 heteroatoms. The van der Waals surface area contributed by atoms with E-state index < -0.39 is 0 Å². The number of nitrogens with zero attached hydrogens (tertiary/aromatic N) is 2. The van der Waals surface area contributed by atoms with E-state index in [2.05, 4.69) is 10.4 Å². The summed E-state index contributed by atoms with van der Waals surface area (Å²) in [4.78, 5) is 11.5. The minimum absolute atomic E-state index is 0.0186. The van der Waals surface area contributed by atoms with Crippen LogP contribution in [0, 0.1) is 5.92 Å². The van der Waals surface area contributed by atoms with Gasteiger partial charge in [-0.05, 0) is 5.92 Å². The van der Waals surface area contributed by atoms with Crippen LogP contribution in [0.15, 0.2) is 12.3 Å². The predicted octanol–water partition coefficient (Wildman–Crippen LogP) is 1.44. The van der Waals surface area contributed by atoms with Crippen molar-refractivity contribution < 1.29 is 9.53 Å². The zero-order chi connectivity index (χ0) is 11.5. The summed E-state index contributed by atoms with van der Waals surface area (Å²) in [7, 11) is 0. The first-order valence-corrected chi connectivity index (χ1v) is 5.58. The number of carbonyl (C=O) groups excluding carboxylic acids is 1. The fraction of sp³-hybridized carbons (Fsp3) is 0.636. The van der Waals surface area contributed by atoms with Crippen molar-refractivity contribution in [3.63, 3.8) is 0 Å². The van der Waals surface area contributed by atoms with Gasteiger partial charge in [-0.3, -0.25) is 9.48 Å². The van der Waals surface area contributed by atoms with Gasteiger partial charge in [-0.2, -0.15) is 5.10 Å². The summed E-state index contributed by atoms with van der Waals surface area (Å²) in [5.74, 6) is 1.00. The second-order valence-electron chi connectivity index (χ2n) is 4.52. The zero-order valence-corrected chi connectivity index (χ0v) is 9.64. The molecule has 0 aliphatic carbocycles. The van der Waals surface area contributed by atoms with Gasteiger partial charge in [0.2, 0.25) is 5.91 Å². The van der Waals surface area contributed by atoms with E-state index in [0.717, 1.165) is 0 Å². The molecule has 0 radical (unpaired) electrons. The molecule has 1 aliphatic heterocycles. The number of hydrogen-bond acceptors (Lipinski definition) is 3. The molecule has 1 N–H and O–H groups in total. The van der Waals surface area contributed by atoms with Gasteiger partial charge >= 0.3 is 0 Å². The van der Waals surface area contributed by atoms with Crippen LogP contribution in [-0.2, 0) is 9.53 Å². The maximum atomic E-state index is 11.5. The van der Waals surface area contributed by atoms with Crippen molar-refractivity contribution in [1.29, 1.82) is 0 Å². The summed E-state index contributed by atoms with van der Waals surface area (Å²) in [5.41, 5.74) is 0. The fourth-order valence-electron chi connectivity index (χ4n) is 1.55. The topological polar surface area (TPSA) is 56.2 Å². The molecule has 0 atom stereocenters. The van der Waals surface area contributed by atoms with Gasteiger partial charge in [-0.1, -0.05) is 13.8 Å². The van der Waals surface area contributed by atoms with Crippen molar-refractivity contribution >= 4 is 11.7 Å². The molecule has 1 aliphatic rings. The summed E-state index contributed by atoms with van der Waals surface area (Å²) >= 11 is 0. The van der Waals surface area contributed by atoms with Gasteiger partial charge in [0.1, 0.15) is 0 Å². The smallest absolute Gasteiger partial charge is 0.225 e. The van der Waals surface area contributed by atoms with E-state index in [1.165, 1.54) is 0 Å². The maximum absolute atomic E-state index is 11.5. The Bertz CT molecular complexity index is 369. The number of anilines is 1. The Kier molecular flexibility index (Phi) is 3.24. The van der Waals surface area contributed by atoms with Crippen LogP contribution in [0.5, 0.6) is 0 Å². The van der Waals surface area contributed by atoms with Gasteiger partial charge in [0, 0.05) is 18.7 Å². The first kappa shape index (κ1) is 11.1. The van der Waals surface area contributed by atoms with Crippen LogP contribution in [0.1, 0.15) is 26.3 Å². The largest absolute Gasteiger partial charge is 0.377 e. The molecular formula is C11H17N3O2. The normalized spacial score (nSPS) is 16.2. The van der Waals surface area contributed by atoms with Crippen LogP contribution >= 0.6 is 0 Å². The lowest BCUT2D eigenvalue weighted by molar-refractivity contribution is -0.116. The fourth-order valence-corrected chi connectivity index (χ4v) is 1.55. The number of hydrogen-bond donors (Lipinski definition) is 1. The molecule has 0 aromatic carbocycles. The molecule has 2 heterocycles. The SMILES string of the molecule is CC(C)CC(=O)Nc1ccn(C2COC2)n1. The van der Waals surface area contributed by atoms with E-state index in [1.54, 1.807) is 0 Å². The lowest BCUT2D eigenvalue weighted by Gasteiger charge is -2.25. The highest BCUT2D eigenvalue weighted by Gasteiger charge is 2.21. The highest BCUT2D eigenvalue weighted by Crippen LogP contribution is 2.17. The number of nitrogens with one attached hydrogen (secondary N) is 1. The van der Waals surface area contributed by atoms with Crippen LogP contribution in [-0.4, -0.2) is 28.9 Å². The van der Waals surface area contributed by atoms with Crippen molar-refractivity contribution in [2.75, 3.05) is 18.5 Å².